The lowest BCUT2D eigenvalue weighted by atomic mass is 10.1. The number of amides is 2. The van der Waals surface area contributed by atoms with Crippen LogP contribution in [-0.2, 0) is 27.4 Å². The van der Waals surface area contributed by atoms with Gasteiger partial charge in [-0.05, 0) is 24.5 Å². The molecule has 0 unspecified atom stereocenters. The van der Waals surface area contributed by atoms with Crippen molar-refractivity contribution in [1.29, 1.82) is 0 Å². The summed E-state index contributed by atoms with van der Waals surface area (Å²) in [6.45, 7) is 2.51. The second-order valence-corrected chi connectivity index (χ2v) is 7.71. The highest BCUT2D eigenvalue weighted by molar-refractivity contribution is 5.93. The van der Waals surface area contributed by atoms with Crippen LogP contribution in [0.3, 0.4) is 0 Å². The summed E-state index contributed by atoms with van der Waals surface area (Å²) in [7, 11) is 1.68. The zero-order chi connectivity index (χ0) is 20.9. The van der Waals surface area contributed by atoms with Crippen molar-refractivity contribution in [2.24, 2.45) is 0 Å². The molecule has 0 saturated carbocycles. The molecule has 2 aliphatic rings. The zero-order valence-electron chi connectivity index (χ0n) is 17.2. The van der Waals surface area contributed by atoms with Crippen LogP contribution in [0.15, 0.2) is 42.7 Å². The number of likely N-dealkylation sites (tertiary alicyclic amines) is 2. The summed E-state index contributed by atoms with van der Waals surface area (Å²) in [5.74, 6) is 0.804. The van der Waals surface area contributed by atoms with E-state index in [2.05, 4.69) is 10.2 Å². The second kappa shape index (κ2) is 9.21. The van der Waals surface area contributed by atoms with E-state index in [0.29, 0.717) is 26.1 Å². The molecule has 2 aromatic rings. The maximum atomic E-state index is 12.8. The van der Waals surface area contributed by atoms with Crippen LogP contribution in [0.25, 0.3) is 6.08 Å². The molecule has 2 aliphatic heterocycles. The van der Waals surface area contributed by atoms with Gasteiger partial charge in [0, 0.05) is 39.3 Å². The van der Waals surface area contributed by atoms with Crippen LogP contribution in [0.5, 0.6) is 0 Å². The van der Waals surface area contributed by atoms with Gasteiger partial charge in [-0.2, -0.15) is 0 Å². The third-order valence-electron chi connectivity index (χ3n) is 5.87. The molecular weight excluding hydrogens is 382 g/mol. The summed E-state index contributed by atoms with van der Waals surface area (Å²) in [6, 6.07) is 9.71. The summed E-state index contributed by atoms with van der Waals surface area (Å²) in [4.78, 5) is 29.2. The molecule has 0 radical (unpaired) electrons. The molecule has 30 heavy (non-hydrogen) atoms. The van der Waals surface area contributed by atoms with Crippen LogP contribution in [0.2, 0.25) is 0 Å². The Morgan fingerprint density at radius 1 is 1.27 bits per heavy atom. The first-order valence-corrected chi connectivity index (χ1v) is 10.4. The molecule has 4 rings (SSSR count). The number of aryl methyl sites for hydroxylation is 1. The lowest BCUT2D eigenvalue weighted by molar-refractivity contribution is -0.130. The average molecular weight is 409 g/mol. The lowest BCUT2D eigenvalue weighted by Gasteiger charge is -2.24. The molecule has 1 aromatic heterocycles. The van der Waals surface area contributed by atoms with Gasteiger partial charge in [-0.1, -0.05) is 30.3 Å². The SMILES string of the molecule is COCCCn1cnnc1CN1C(=O)C[C@H]2[C@@H]1CCN2C(=O)C=Cc1ccccc1. The number of carbonyl (C=O) groups excluding carboxylic acids is 2. The molecule has 0 bridgehead atoms. The van der Waals surface area contributed by atoms with E-state index in [9.17, 15) is 9.59 Å². The molecule has 0 spiro atoms. The van der Waals surface area contributed by atoms with Crippen molar-refractivity contribution in [3.05, 3.63) is 54.1 Å². The Balaban J connectivity index is 1.40. The zero-order valence-corrected chi connectivity index (χ0v) is 17.2. The number of benzene rings is 1. The van der Waals surface area contributed by atoms with Crippen LogP contribution in [-0.4, -0.2) is 68.7 Å². The summed E-state index contributed by atoms with van der Waals surface area (Å²) in [6.07, 6.45) is 7.15. The predicted molar refractivity (Wildman–Crippen MR) is 111 cm³/mol. The number of methoxy groups -OCH3 is 1. The molecule has 8 heteroatoms. The van der Waals surface area contributed by atoms with Crippen LogP contribution in [0.1, 0.15) is 30.7 Å². The quantitative estimate of drug-likeness (QED) is 0.490. The summed E-state index contributed by atoms with van der Waals surface area (Å²) >= 11 is 0. The lowest BCUT2D eigenvalue weighted by Crippen LogP contribution is -2.39. The Morgan fingerprint density at radius 3 is 2.90 bits per heavy atom. The van der Waals surface area contributed by atoms with Crippen LogP contribution in [0, 0.1) is 0 Å². The van der Waals surface area contributed by atoms with Gasteiger partial charge in [-0.25, -0.2) is 0 Å². The Bertz CT molecular complexity index is 911. The average Bonchev–Trinajstić information content (AvgIpc) is 3.45. The molecule has 3 heterocycles. The van der Waals surface area contributed by atoms with Gasteiger partial charge in [0.15, 0.2) is 5.82 Å². The number of aromatic nitrogens is 3. The maximum absolute atomic E-state index is 12.8. The number of rotatable bonds is 8. The number of ether oxygens (including phenoxy) is 1. The molecule has 0 N–H and O–H groups in total. The van der Waals surface area contributed by atoms with Crippen LogP contribution >= 0.6 is 0 Å². The van der Waals surface area contributed by atoms with Crippen molar-refractivity contribution in [1.82, 2.24) is 24.6 Å². The van der Waals surface area contributed by atoms with Gasteiger partial charge in [0.2, 0.25) is 11.8 Å². The van der Waals surface area contributed by atoms with Gasteiger partial charge in [0.1, 0.15) is 6.33 Å². The third-order valence-corrected chi connectivity index (χ3v) is 5.87. The van der Waals surface area contributed by atoms with Gasteiger partial charge in [-0.15, -0.1) is 10.2 Å². The Hall–Kier alpha value is -3.00. The smallest absolute Gasteiger partial charge is 0.246 e. The highest BCUT2D eigenvalue weighted by Gasteiger charge is 2.48. The molecule has 8 nitrogen and oxygen atoms in total. The fourth-order valence-electron chi connectivity index (χ4n) is 4.35. The molecule has 158 valence electrons. The van der Waals surface area contributed by atoms with E-state index in [0.717, 1.165) is 30.8 Å². The minimum Gasteiger partial charge on any atom is -0.385 e. The van der Waals surface area contributed by atoms with Gasteiger partial charge in [0.25, 0.3) is 0 Å². The number of hydrogen-bond acceptors (Lipinski definition) is 5. The van der Waals surface area contributed by atoms with Crippen molar-refractivity contribution in [3.8, 4) is 0 Å². The number of fused-ring (bicyclic) bond motifs is 1. The molecule has 2 saturated heterocycles. The Morgan fingerprint density at radius 2 is 2.10 bits per heavy atom. The minimum absolute atomic E-state index is 0.0377. The highest BCUT2D eigenvalue weighted by Crippen LogP contribution is 2.33. The minimum atomic E-state index is -0.0738. The van der Waals surface area contributed by atoms with Gasteiger partial charge in [-0.3, -0.25) is 9.59 Å². The molecule has 1 aromatic carbocycles. The van der Waals surface area contributed by atoms with E-state index in [1.807, 2.05) is 50.8 Å². The maximum Gasteiger partial charge on any atom is 0.246 e. The summed E-state index contributed by atoms with van der Waals surface area (Å²) in [5, 5.41) is 8.22. The van der Waals surface area contributed by atoms with E-state index in [1.165, 1.54) is 0 Å². The fraction of sp³-hybridized carbons (Fsp3) is 0.455. The van der Waals surface area contributed by atoms with E-state index in [-0.39, 0.29) is 23.9 Å². The van der Waals surface area contributed by atoms with E-state index < -0.39 is 0 Å². The second-order valence-electron chi connectivity index (χ2n) is 7.71. The van der Waals surface area contributed by atoms with Gasteiger partial charge in [0.05, 0.1) is 18.6 Å². The third kappa shape index (κ3) is 4.28. The molecule has 2 fully saturated rings. The van der Waals surface area contributed by atoms with E-state index in [1.54, 1.807) is 19.5 Å². The Labute approximate surface area is 176 Å². The van der Waals surface area contributed by atoms with Crippen LogP contribution in [0.4, 0.5) is 0 Å². The highest BCUT2D eigenvalue weighted by atomic mass is 16.5. The van der Waals surface area contributed by atoms with E-state index in [4.69, 9.17) is 4.74 Å². The number of carbonyl (C=O) groups is 2. The first-order chi connectivity index (χ1) is 14.7. The predicted octanol–water partition coefficient (Wildman–Crippen LogP) is 1.73. The monoisotopic (exact) mass is 409 g/mol. The summed E-state index contributed by atoms with van der Waals surface area (Å²) < 4.78 is 7.08. The molecule has 2 atom stereocenters. The number of nitrogens with zero attached hydrogens (tertiary/aromatic N) is 5. The van der Waals surface area contributed by atoms with Crippen molar-refractivity contribution in [2.45, 2.75) is 44.4 Å². The van der Waals surface area contributed by atoms with Crippen molar-refractivity contribution in [3.63, 3.8) is 0 Å². The Kier molecular flexibility index (Phi) is 6.23. The first-order valence-electron chi connectivity index (χ1n) is 10.4. The summed E-state index contributed by atoms with van der Waals surface area (Å²) in [5.41, 5.74) is 0.985. The molecule has 0 aliphatic carbocycles. The largest absolute Gasteiger partial charge is 0.385 e. The first kappa shape index (κ1) is 20.3. The number of hydrogen-bond donors (Lipinski definition) is 0. The van der Waals surface area contributed by atoms with Crippen molar-refractivity contribution in [2.75, 3.05) is 20.3 Å². The molecular formula is C22H27N5O3. The van der Waals surface area contributed by atoms with Crippen LogP contribution < -0.4 is 0 Å². The standard InChI is InChI=1S/C22H27N5O3/c1-30-13-5-11-25-16-23-24-20(25)15-27-18-10-12-26(19(18)14-22(27)29)21(28)9-8-17-6-3-2-4-7-17/h2-4,6-9,16,18-19H,5,10-15H2,1H3/t18-,19-/m0/s1. The van der Waals surface area contributed by atoms with Crippen molar-refractivity contribution >= 4 is 17.9 Å². The topological polar surface area (TPSA) is 80.6 Å². The molecule has 2 amide bonds. The van der Waals surface area contributed by atoms with Crippen molar-refractivity contribution < 1.29 is 14.3 Å². The van der Waals surface area contributed by atoms with Gasteiger partial charge < -0.3 is 19.1 Å². The fourth-order valence-corrected chi connectivity index (χ4v) is 4.35. The van der Waals surface area contributed by atoms with E-state index >= 15 is 0 Å². The normalized spacial score (nSPS) is 21.0. The van der Waals surface area contributed by atoms with Gasteiger partial charge >= 0.3 is 0 Å².